The van der Waals surface area contributed by atoms with E-state index in [1.54, 1.807) is 38.1 Å². The summed E-state index contributed by atoms with van der Waals surface area (Å²) in [6.07, 6.45) is -0.489. The number of benzene rings is 1. The number of ether oxygens (including phenoxy) is 1. The van der Waals surface area contributed by atoms with Gasteiger partial charge in [0, 0.05) is 37.3 Å². The lowest BCUT2D eigenvalue weighted by Crippen LogP contribution is -2.61. The van der Waals surface area contributed by atoms with Gasteiger partial charge in [0.05, 0.1) is 19.6 Å². The smallest absolute Gasteiger partial charge is 0.246 e. The molecule has 8 atom stereocenters. The number of hydrogen-bond acceptors (Lipinski definition) is 14. The zero-order chi connectivity index (χ0) is 52.1. The molecule has 0 spiro atoms. The highest BCUT2D eigenvalue weighted by Crippen LogP contribution is 2.26. The average Bonchev–Trinajstić information content (AvgIpc) is 3.80. The highest BCUT2D eigenvalue weighted by molar-refractivity contribution is 8.76. The Balaban J connectivity index is 2.03. The van der Waals surface area contributed by atoms with Crippen molar-refractivity contribution in [3.05, 3.63) is 29.8 Å². The molecule has 11 amide bonds. The third kappa shape index (κ3) is 19.4. The Labute approximate surface area is 415 Å². The zero-order valence-corrected chi connectivity index (χ0v) is 41.9. The number of carbonyl (C=O) groups excluding carboxylic acids is 11. The summed E-state index contributed by atoms with van der Waals surface area (Å²) in [5.74, 6) is -8.77. The van der Waals surface area contributed by atoms with Crippen LogP contribution in [0, 0.1) is 11.8 Å². The minimum atomic E-state index is -1.72. The van der Waals surface area contributed by atoms with E-state index in [0.29, 0.717) is 30.8 Å². The third-order valence-electron chi connectivity index (χ3n) is 11.4. The zero-order valence-electron chi connectivity index (χ0n) is 40.3. The largest absolute Gasteiger partial charge is 0.494 e. The quantitative estimate of drug-likeness (QED) is 0.0681. The number of carbonyl (C=O) groups is 11. The first-order valence-corrected chi connectivity index (χ1v) is 25.8. The molecule has 2 heterocycles. The molecule has 70 heavy (non-hydrogen) atoms. The number of rotatable bonds is 19. The monoisotopic (exact) mass is 1020 g/mol. The molecule has 2 aliphatic heterocycles. The fraction of sp³-hybridized carbons (Fsp3) is 0.622. The van der Waals surface area contributed by atoms with Gasteiger partial charge in [-0.15, -0.1) is 0 Å². The average molecular weight is 1020 g/mol. The van der Waals surface area contributed by atoms with Crippen LogP contribution in [-0.2, 0) is 59.2 Å². The second kappa shape index (κ2) is 29.2. The van der Waals surface area contributed by atoms with Crippen molar-refractivity contribution in [3.63, 3.8) is 0 Å². The van der Waals surface area contributed by atoms with Crippen LogP contribution in [0.4, 0.5) is 0 Å². The Bertz CT molecular complexity index is 2050. The first-order chi connectivity index (χ1) is 33.1. The minimum absolute atomic E-state index is 0.0193. The van der Waals surface area contributed by atoms with Crippen LogP contribution in [0.1, 0.15) is 91.5 Å². The van der Waals surface area contributed by atoms with Gasteiger partial charge in [0.25, 0.3) is 0 Å². The second-order valence-electron chi connectivity index (χ2n) is 17.6. The maximum atomic E-state index is 14.5. The van der Waals surface area contributed by atoms with Crippen molar-refractivity contribution in [2.45, 2.75) is 135 Å². The number of amides is 11. The van der Waals surface area contributed by atoms with E-state index in [2.05, 4.69) is 37.2 Å². The maximum absolute atomic E-state index is 14.5. The summed E-state index contributed by atoms with van der Waals surface area (Å²) in [6, 6.07) is -2.37. The molecule has 1 aromatic carbocycles. The van der Waals surface area contributed by atoms with E-state index in [1.165, 1.54) is 15.7 Å². The lowest BCUT2D eigenvalue weighted by atomic mass is 9.96. The first kappa shape index (κ1) is 58.2. The number of nitrogens with two attached hydrogens (primary N) is 3. The molecule has 0 radical (unpaired) electrons. The highest BCUT2D eigenvalue weighted by Gasteiger charge is 2.41. The molecule has 0 aromatic heterocycles. The lowest BCUT2D eigenvalue weighted by molar-refractivity contribution is -0.142. The molecule has 1 aromatic rings. The van der Waals surface area contributed by atoms with Crippen LogP contribution < -0.4 is 59.2 Å². The molecule has 2 aliphatic rings. The number of likely N-dealkylation sites (tertiary alicyclic amines) is 1. The predicted molar refractivity (Wildman–Crippen MR) is 261 cm³/mol. The van der Waals surface area contributed by atoms with Gasteiger partial charge in [-0.3, -0.25) is 52.7 Å². The summed E-state index contributed by atoms with van der Waals surface area (Å²) in [7, 11) is 2.27. The summed E-state index contributed by atoms with van der Waals surface area (Å²) in [6.45, 7) is 9.01. The Morgan fingerprint density at radius 2 is 1.46 bits per heavy atom. The molecule has 3 unspecified atom stereocenters. The Morgan fingerprint density at radius 3 is 2.07 bits per heavy atom. The Kier molecular flexibility index (Phi) is 24.2. The number of hydrogen-bond donors (Lipinski definition) is 10. The fourth-order valence-electron chi connectivity index (χ4n) is 7.58. The Hall–Kier alpha value is -6.11. The summed E-state index contributed by atoms with van der Waals surface area (Å²) in [4.78, 5) is 148. The fourth-order valence-corrected chi connectivity index (χ4v) is 9.73. The SMILES string of the molecule is CCOc1ccc(C[C@H]2NC(=O)CCSSC[C@H](C(=O)N3CCC[C@H]3C(=O)NC(CC(C)C)C(=O)NCC(N)=O)NC(=O)[C@@H](CC(N)=O)NC(=O)C(CCC(N)=O)NC(=O)[C@H](C(C)CC)NC2=O)cc1. The minimum Gasteiger partial charge on any atom is -0.494 e. The van der Waals surface area contributed by atoms with Gasteiger partial charge in [0.2, 0.25) is 65.0 Å². The van der Waals surface area contributed by atoms with Crippen LogP contribution in [0.3, 0.4) is 0 Å². The van der Waals surface area contributed by atoms with Crippen LogP contribution in [0.5, 0.6) is 5.75 Å². The molecule has 388 valence electrons. The predicted octanol–water partition coefficient (Wildman–Crippen LogP) is -1.85. The van der Waals surface area contributed by atoms with E-state index >= 15 is 0 Å². The van der Waals surface area contributed by atoms with Crippen LogP contribution in [0.15, 0.2) is 24.3 Å². The van der Waals surface area contributed by atoms with Crippen LogP contribution in [0.2, 0.25) is 0 Å². The van der Waals surface area contributed by atoms with Crippen molar-refractivity contribution in [1.82, 2.24) is 42.1 Å². The highest BCUT2D eigenvalue weighted by atomic mass is 33.1. The summed E-state index contributed by atoms with van der Waals surface area (Å²) >= 11 is 0. The van der Waals surface area contributed by atoms with Crippen molar-refractivity contribution in [1.29, 1.82) is 0 Å². The van der Waals surface area contributed by atoms with Gasteiger partial charge in [-0.25, -0.2) is 0 Å². The summed E-state index contributed by atoms with van der Waals surface area (Å²) in [5, 5.41) is 18.2. The van der Waals surface area contributed by atoms with E-state index in [9.17, 15) is 52.7 Å². The molecular formula is C45H69N11O12S2. The number of nitrogens with one attached hydrogen (secondary N) is 7. The molecule has 13 N–H and O–H groups in total. The van der Waals surface area contributed by atoms with Gasteiger partial charge in [-0.1, -0.05) is 67.8 Å². The molecule has 23 nitrogen and oxygen atoms in total. The molecule has 0 saturated carbocycles. The van der Waals surface area contributed by atoms with E-state index in [0.717, 1.165) is 10.8 Å². The number of nitrogens with zero attached hydrogens (tertiary/aromatic N) is 1. The van der Waals surface area contributed by atoms with Crippen LogP contribution in [0.25, 0.3) is 0 Å². The first-order valence-electron chi connectivity index (χ1n) is 23.3. The van der Waals surface area contributed by atoms with Crippen LogP contribution >= 0.6 is 21.6 Å². The molecule has 3 rings (SSSR count). The molecule has 2 saturated heterocycles. The topological polar surface area (TPSA) is 363 Å². The van der Waals surface area contributed by atoms with Crippen molar-refractivity contribution in [2.24, 2.45) is 29.0 Å². The van der Waals surface area contributed by atoms with Crippen molar-refractivity contribution in [2.75, 3.05) is 31.2 Å². The van der Waals surface area contributed by atoms with Gasteiger partial charge in [-0.05, 0) is 62.1 Å². The van der Waals surface area contributed by atoms with E-state index in [1.807, 2.05) is 20.8 Å². The van der Waals surface area contributed by atoms with Crippen molar-refractivity contribution >= 4 is 86.6 Å². The third-order valence-corrected chi connectivity index (χ3v) is 13.8. The molecule has 2 fully saturated rings. The maximum Gasteiger partial charge on any atom is 0.246 e. The van der Waals surface area contributed by atoms with E-state index < -0.39 is 133 Å². The lowest BCUT2D eigenvalue weighted by Gasteiger charge is -2.31. The van der Waals surface area contributed by atoms with Crippen molar-refractivity contribution < 1.29 is 57.5 Å². The van der Waals surface area contributed by atoms with Gasteiger partial charge in [-0.2, -0.15) is 0 Å². The normalized spacial score (nSPS) is 23.0. The van der Waals surface area contributed by atoms with E-state index in [4.69, 9.17) is 21.9 Å². The Morgan fingerprint density at radius 1 is 0.800 bits per heavy atom. The molecule has 0 aliphatic carbocycles. The second-order valence-corrected chi connectivity index (χ2v) is 20.2. The van der Waals surface area contributed by atoms with Crippen molar-refractivity contribution in [3.8, 4) is 5.75 Å². The number of primary amides is 3. The standard InChI is InChI=1S/C45H69N11O12S2/c1-6-25(5)38-44(66)51-28(14-15-34(46)57)40(62)52-31(21-35(47)58)41(63)54-32(45(67)56-17-8-9-33(56)43(65)53-29(19-24(3)4)39(61)49-22-36(48)59)23-70-69-18-16-37(60)50-30(42(64)55-38)20-26-10-12-27(13-11-26)68-7-2/h10-13,24-25,28-33,38H,6-9,14-23H2,1-5H3,(H2,46,57)(H2,47,58)(H2,48,59)(H,49,61)(H,50,60)(H,51,66)(H,52,62)(H,53,65)(H,54,63)(H,55,64)/t25?,28?,29?,30-,31-,32-,33+,38+/m1/s1. The van der Waals surface area contributed by atoms with Gasteiger partial charge < -0.3 is 64.1 Å². The summed E-state index contributed by atoms with van der Waals surface area (Å²) < 4.78 is 5.54. The molecule has 0 bridgehead atoms. The molecule has 25 heteroatoms. The van der Waals surface area contributed by atoms with Crippen LogP contribution in [-0.4, -0.2) is 143 Å². The van der Waals surface area contributed by atoms with E-state index in [-0.39, 0.29) is 56.1 Å². The van der Waals surface area contributed by atoms with Gasteiger partial charge >= 0.3 is 0 Å². The summed E-state index contributed by atoms with van der Waals surface area (Å²) in [5.41, 5.74) is 16.8. The van der Waals surface area contributed by atoms with Gasteiger partial charge in [0.15, 0.2) is 0 Å². The van der Waals surface area contributed by atoms with Gasteiger partial charge in [0.1, 0.15) is 48.0 Å². The molecular weight excluding hydrogens is 951 g/mol.